The molecule has 2 heterocycles. The van der Waals surface area contributed by atoms with Crippen LogP contribution in [0.2, 0.25) is 0 Å². The minimum atomic E-state index is -0.459. The molecule has 0 amide bonds. The average molecular weight is 484 g/mol. The Morgan fingerprint density at radius 2 is 1.51 bits per heavy atom. The van der Waals surface area contributed by atoms with Crippen LogP contribution in [0.15, 0.2) is 136 Å². The summed E-state index contributed by atoms with van der Waals surface area (Å²) in [5.41, 5.74) is 3.09. The molecule has 2 aromatic heterocycles. The van der Waals surface area contributed by atoms with Crippen molar-refractivity contribution >= 4 is 22.9 Å². The molecule has 0 spiro atoms. The summed E-state index contributed by atoms with van der Waals surface area (Å²) in [7, 11) is 0. The van der Waals surface area contributed by atoms with E-state index in [2.05, 4.69) is 0 Å². The van der Waals surface area contributed by atoms with Gasteiger partial charge < -0.3 is 9.15 Å². The van der Waals surface area contributed by atoms with Crippen LogP contribution in [-0.2, 0) is 0 Å². The van der Waals surface area contributed by atoms with Crippen LogP contribution in [0.1, 0.15) is 5.56 Å². The lowest BCUT2D eigenvalue weighted by Crippen LogP contribution is -2.05. The average Bonchev–Trinajstić information content (AvgIpc) is 3.37. The molecule has 0 unspecified atom stereocenters. The SMILES string of the molecule is O=c1oc2ccccc2cc1-c1nn(-c2ccccc2)cc1C=Nc1ccccc1Oc1ccccc1. The van der Waals surface area contributed by atoms with Gasteiger partial charge in [-0.1, -0.05) is 66.7 Å². The Bertz CT molecular complexity index is 1770. The highest BCUT2D eigenvalue weighted by Crippen LogP contribution is 2.32. The third-order valence-electron chi connectivity index (χ3n) is 5.84. The fourth-order valence-corrected chi connectivity index (χ4v) is 4.04. The molecule has 4 aromatic carbocycles. The van der Waals surface area contributed by atoms with Gasteiger partial charge in [0.25, 0.3) is 0 Å². The molecule has 6 heteroatoms. The first-order chi connectivity index (χ1) is 18.2. The van der Waals surface area contributed by atoms with Crippen molar-refractivity contribution < 1.29 is 9.15 Å². The lowest BCUT2D eigenvalue weighted by molar-refractivity contribution is 0.484. The van der Waals surface area contributed by atoms with Crippen LogP contribution in [0.4, 0.5) is 5.69 Å². The summed E-state index contributed by atoms with van der Waals surface area (Å²) < 4.78 is 13.4. The third-order valence-corrected chi connectivity index (χ3v) is 5.84. The predicted octanol–water partition coefficient (Wildman–Crippen LogP) is 7.19. The molecule has 0 N–H and O–H groups in total. The first kappa shape index (κ1) is 22.2. The molecular formula is C31H21N3O3. The maximum Gasteiger partial charge on any atom is 0.345 e. The van der Waals surface area contributed by atoms with Gasteiger partial charge in [-0.25, -0.2) is 9.48 Å². The molecule has 0 saturated carbocycles. The highest BCUT2D eigenvalue weighted by Gasteiger charge is 2.17. The first-order valence-electron chi connectivity index (χ1n) is 11.8. The quantitative estimate of drug-likeness (QED) is 0.186. The van der Waals surface area contributed by atoms with Crippen LogP contribution >= 0.6 is 0 Å². The minimum Gasteiger partial charge on any atom is -0.455 e. The summed E-state index contributed by atoms with van der Waals surface area (Å²) in [6, 6.07) is 36.0. The van der Waals surface area contributed by atoms with E-state index >= 15 is 0 Å². The monoisotopic (exact) mass is 483 g/mol. The van der Waals surface area contributed by atoms with Crippen molar-refractivity contribution in [3.63, 3.8) is 0 Å². The molecule has 0 fully saturated rings. The first-order valence-corrected chi connectivity index (χ1v) is 11.8. The van der Waals surface area contributed by atoms with Gasteiger partial charge in [-0.15, -0.1) is 0 Å². The molecule has 0 atom stereocenters. The zero-order valence-corrected chi connectivity index (χ0v) is 19.7. The Balaban J connectivity index is 1.45. The molecule has 0 aliphatic carbocycles. The van der Waals surface area contributed by atoms with Crippen molar-refractivity contribution in [2.45, 2.75) is 0 Å². The summed E-state index contributed by atoms with van der Waals surface area (Å²) in [5, 5.41) is 5.57. The molecular weight excluding hydrogens is 462 g/mol. The number of ether oxygens (including phenoxy) is 1. The second kappa shape index (κ2) is 9.79. The van der Waals surface area contributed by atoms with Gasteiger partial charge in [0, 0.05) is 23.4 Å². The smallest absolute Gasteiger partial charge is 0.345 e. The Morgan fingerprint density at radius 1 is 0.811 bits per heavy atom. The van der Waals surface area contributed by atoms with Crippen molar-refractivity contribution in [3.05, 3.63) is 137 Å². The summed E-state index contributed by atoms with van der Waals surface area (Å²) in [5.74, 6) is 1.34. The van der Waals surface area contributed by atoms with E-state index in [1.165, 1.54) is 0 Å². The zero-order valence-electron chi connectivity index (χ0n) is 19.7. The van der Waals surface area contributed by atoms with Crippen LogP contribution in [0.25, 0.3) is 27.9 Å². The van der Waals surface area contributed by atoms with Crippen LogP contribution in [-0.4, -0.2) is 16.0 Å². The van der Waals surface area contributed by atoms with Crippen LogP contribution in [0.3, 0.4) is 0 Å². The maximum atomic E-state index is 13.0. The lowest BCUT2D eigenvalue weighted by atomic mass is 10.1. The van der Waals surface area contributed by atoms with Gasteiger partial charge in [-0.05, 0) is 48.5 Å². The summed E-state index contributed by atoms with van der Waals surface area (Å²) in [6.07, 6.45) is 3.55. The van der Waals surface area contributed by atoms with Crippen LogP contribution < -0.4 is 10.4 Å². The molecule has 0 aliphatic rings. The highest BCUT2D eigenvalue weighted by molar-refractivity contribution is 5.92. The number of para-hydroxylation sites is 5. The van der Waals surface area contributed by atoms with Gasteiger partial charge in [0.05, 0.1) is 11.3 Å². The Labute approximate surface area is 212 Å². The Hall–Kier alpha value is -5.23. The number of benzene rings is 4. The topological polar surface area (TPSA) is 69.6 Å². The summed E-state index contributed by atoms with van der Waals surface area (Å²) in [4.78, 5) is 17.7. The van der Waals surface area contributed by atoms with Gasteiger partial charge in [-0.3, -0.25) is 4.99 Å². The summed E-state index contributed by atoms with van der Waals surface area (Å²) >= 11 is 0. The lowest BCUT2D eigenvalue weighted by Gasteiger charge is -2.07. The minimum absolute atomic E-state index is 0.364. The second-order valence-corrected chi connectivity index (χ2v) is 8.34. The molecule has 6 aromatic rings. The molecule has 0 saturated heterocycles. The van der Waals surface area contributed by atoms with E-state index in [0.717, 1.165) is 16.8 Å². The number of nitrogens with zero attached hydrogens (tertiary/aromatic N) is 3. The van der Waals surface area contributed by atoms with Crippen molar-refractivity contribution in [2.75, 3.05) is 0 Å². The van der Waals surface area contributed by atoms with E-state index in [-0.39, 0.29) is 0 Å². The fourth-order valence-electron chi connectivity index (χ4n) is 4.04. The van der Waals surface area contributed by atoms with Crippen molar-refractivity contribution in [1.82, 2.24) is 9.78 Å². The normalized spacial score (nSPS) is 11.2. The van der Waals surface area contributed by atoms with E-state index in [9.17, 15) is 4.79 Å². The van der Waals surface area contributed by atoms with Crippen LogP contribution in [0, 0.1) is 0 Å². The molecule has 178 valence electrons. The van der Waals surface area contributed by atoms with E-state index in [1.807, 2.05) is 115 Å². The van der Waals surface area contributed by atoms with E-state index in [4.69, 9.17) is 19.2 Å². The number of hydrogen-bond donors (Lipinski definition) is 0. The second-order valence-electron chi connectivity index (χ2n) is 8.34. The Morgan fingerprint density at radius 3 is 2.35 bits per heavy atom. The predicted molar refractivity (Wildman–Crippen MR) is 145 cm³/mol. The van der Waals surface area contributed by atoms with Crippen molar-refractivity contribution in [2.24, 2.45) is 4.99 Å². The number of aromatic nitrogens is 2. The maximum absolute atomic E-state index is 13.0. The Kier molecular flexibility index (Phi) is 5.89. The summed E-state index contributed by atoms with van der Waals surface area (Å²) in [6.45, 7) is 0. The standard InChI is InChI=1S/C31H21N3O3/c35-31-26(19-22-11-7-9-17-28(22)37-31)30-23(21-34(33-30)24-12-3-1-4-13-24)20-32-27-16-8-10-18-29(27)36-25-14-5-2-6-15-25/h1-21H. The number of fused-ring (bicyclic) bond motifs is 1. The molecule has 0 aliphatic heterocycles. The van der Waals surface area contributed by atoms with Gasteiger partial charge in [0.2, 0.25) is 0 Å². The molecule has 37 heavy (non-hydrogen) atoms. The number of aliphatic imine (C=N–C) groups is 1. The number of hydrogen-bond acceptors (Lipinski definition) is 5. The van der Waals surface area contributed by atoms with Gasteiger partial charge >= 0.3 is 5.63 Å². The fraction of sp³-hybridized carbons (Fsp3) is 0. The van der Waals surface area contributed by atoms with Gasteiger partial charge in [-0.2, -0.15) is 5.10 Å². The highest BCUT2D eigenvalue weighted by atomic mass is 16.5. The van der Waals surface area contributed by atoms with Gasteiger partial charge in [0.15, 0.2) is 5.75 Å². The largest absolute Gasteiger partial charge is 0.455 e. The van der Waals surface area contributed by atoms with E-state index in [0.29, 0.717) is 33.8 Å². The molecule has 6 nitrogen and oxygen atoms in total. The van der Waals surface area contributed by atoms with Crippen molar-refractivity contribution in [1.29, 1.82) is 0 Å². The zero-order chi connectivity index (χ0) is 25.0. The molecule has 0 bridgehead atoms. The van der Waals surface area contributed by atoms with Crippen molar-refractivity contribution in [3.8, 4) is 28.4 Å². The third kappa shape index (κ3) is 4.68. The molecule has 0 radical (unpaired) electrons. The van der Waals surface area contributed by atoms with E-state index in [1.54, 1.807) is 17.0 Å². The van der Waals surface area contributed by atoms with Gasteiger partial charge in [0.1, 0.15) is 22.7 Å². The van der Waals surface area contributed by atoms with E-state index < -0.39 is 5.63 Å². The van der Waals surface area contributed by atoms with Crippen LogP contribution in [0.5, 0.6) is 11.5 Å². The molecule has 6 rings (SSSR count). The number of rotatable bonds is 6.